The van der Waals surface area contributed by atoms with Crippen LogP contribution in [0.2, 0.25) is 0 Å². The fourth-order valence-corrected chi connectivity index (χ4v) is 4.12. The summed E-state index contributed by atoms with van der Waals surface area (Å²) in [7, 11) is 1.61. The van der Waals surface area contributed by atoms with E-state index in [4.69, 9.17) is 4.74 Å². The molecule has 5 heteroatoms. The van der Waals surface area contributed by atoms with Crippen LogP contribution in [0.25, 0.3) is 10.4 Å². The van der Waals surface area contributed by atoms with E-state index >= 15 is 0 Å². The van der Waals surface area contributed by atoms with Crippen LogP contribution in [-0.2, 0) is 0 Å². The number of nitrogens with one attached hydrogen (secondary N) is 2. The zero-order valence-electron chi connectivity index (χ0n) is 14.0. The Bertz CT molecular complexity index is 663. The lowest BCUT2D eigenvalue weighted by Gasteiger charge is -2.22. The summed E-state index contributed by atoms with van der Waals surface area (Å²) >= 11 is 1.48. The molecule has 4 nitrogen and oxygen atoms in total. The van der Waals surface area contributed by atoms with Crippen molar-refractivity contribution in [2.75, 3.05) is 26.7 Å². The fourth-order valence-electron chi connectivity index (χ4n) is 3.07. The van der Waals surface area contributed by atoms with Crippen LogP contribution in [0.15, 0.2) is 36.4 Å². The number of hydrogen-bond donors (Lipinski definition) is 2. The maximum atomic E-state index is 12.5. The molecule has 1 fully saturated rings. The Kier molecular flexibility index (Phi) is 5.88. The minimum absolute atomic E-state index is 0.0391. The van der Waals surface area contributed by atoms with Gasteiger partial charge < -0.3 is 15.4 Å². The molecule has 0 bridgehead atoms. The first kappa shape index (κ1) is 17.0. The smallest absolute Gasteiger partial charge is 0.265 e. The molecule has 24 heavy (non-hydrogen) atoms. The summed E-state index contributed by atoms with van der Waals surface area (Å²) in [5.41, 5.74) is 1.10. The molecule has 2 N–H and O–H groups in total. The van der Waals surface area contributed by atoms with Crippen LogP contribution in [0.3, 0.4) is 0 Å². The van der Waals surface area contributed by atoms with E-state index < -0.39 is 0 Å². The summed E-state index contributed by atoms with van der Waals surface area (Å²) in [5, 5.41) is 6.46. The molecule has 0 saturated carbocycles. The SMILES string of the molecule is COc1cc(-c2ccccc2)sc1C(=O)NCCC1CCCNC1. The highest BCUT2D eigenvalue weighted by atomic mass is 32.1. The normalized spacial score (nSPS) is 17.5. The van der Waals surface area contributed by atoms with Crippen molar-refractivity contribution in [3.05, 3.63) is 41.3 Å². The lowest BCUT2D eigenvalue weighted by Crippen LogP contribution is -2.33. The molecule has 1 unspecified atom stereocenters. The number of rotatable bonds is 6. The Morgan fingerprint density at radius 3 is 2.92 bits per heavy atom. The number of amides is 1. The van der Waals surface area contributed by atoms with Crippen LogP contribution in [0.5, 0.6) is 5.75 Å². The minimum Gasteiger partial charge on any atom is -0.495 e. The van der Waals surface area contributed by atoms with Crippen molar-refractivity contribution in [3.63, 3.8) is 0 Å². The summed E-state index contributed by atoms with van der Waals surface area (Å²) in [4.78, 5) is 14.2. The lowest BCUT2D eigenvalue weighted by atomic mass is 9.96. The zero-order valence-corrected chi connectivity index (χ0v) is 14.8. The molecule has 3 rings (SSSR count). The zero-order chi connectivity index (χ0) is 16.8. The van der Waals surface area contributed by atoms with E-state index in [-0.39, 0.29) is 5.91 Å². The average molecular weight is 344 g/mol. The summed E-state index contributed by atoms with van der Waals surface area (Å²) in [5.74, 6) is 1.28. The van der Waals surface area contributed by atoms with Crippen molar-refractivity contribution in [3.8, 4) is 16.2 Å². The Balaban J connectivity index is 1.62. The number of hydrogen-bond acceptors (Lipinski definition) is 4. The molecule has 0 aliphatic carbocycles. The first-order chi connectivity index (χ1) is 11.8. The second-order valence-electron chi connectivity index (χ2n) is 6.13. The van der Waals surface area contributed by atoms with Crippen molar-refractivity contribution in [2.45, 2.75) is 19.3 Å². The molecule has 0 spiro atoms. The maximum absolute atomic E-state index is 12.5. The molecule has 1 aliphatic rings. The Morgan fingerprint density at radius 1 is 1.38 bits per heavy atom. The minimum atomic E-state index is -0.0391. The third-order valence-corrected chi connectivity index (χ3v) is 5.58. The van der Waals surface area contributed by atoms with Gasteiger partial charge in [0.25, 0.3) is 5.91 Å². The van der Waals surface area contributed by atoms with Gasteiger partial charge in [0.2, 0.25) is 0 Å². The van der Waals surface area contributed by atoms with E-state index in [0.717, 1.165) is 30.0 Å². The van der Waals surface area contributed by atoms with Crippen LogP contribution in [0.1, 0.15) is 28.9 Å². The molecule has 2 aromatic rings. The predicted octanol–water partition coefficient (Wildman–Crippen LogP) is 3.54. The Morgan fingerprint density at radius 2 is 2.21 bits per heavy atom. The highest BCUT2D eigenvalue weighted by Gasteiger charge is 2.18. The number of carbonyl (C=O) groups is 1. The quantitative estimate of drug-likeness (QED) is 0.843. The molecule has 2 heterocycles. The summed E-state index contributed by atoms with van der Waals surface area (Å²) in [6, 6.07) is 12.0. The predicted molar refractivity (Wildman–Crippen MR) is 98.9 cm³/mol. The van der Waals surface area contributed by atoms with Gasteiger partial charge in [-0.3, -0.25) is 4.79 Å². The molecule has 1 aliphatic heterocycles. The Labute approximate surface area is 147 Å². The number of benzene rings is 1. The highest BCUT2D eigenvalue weighted by molar-refractivity contribution is 7.17. The van der Waals surface area contributed by atoms with Crippen molar-refractivity contribution in [1.29, 1.82) is 0 Å². The third-order valence-electron chi connectivity index (χ3n) is 4.42. The van der Waals surface area contributed by atoms with Gasteiger partial charge in [0.05, 0.1) is 7.11 Å². The third kappa shape index (κ3) is 4.16. The summed E-state index contributed by atoms with van der Waals surface area (Å²) in [6.45, 7) is 2.90. The highest BCUT2D eigenvalue weighted by Crippen LogP contribution is 2.36. The van der Waals surface area contributed by atoms with E-state index in [1.165, 1.54) is 24.2 Å². The molecule has 0 radical (unpaired) electrons. The van der Waals surface area contributed by atoms with Gasteiger partial charge in [0.15, 0.2) is 0 Å². The van der Waals surface area contributed by atoms with E-state index in [9.17, 15) is 4.79 Å². The largest absolute Gasteiger partial charge is 0.495 e. The van der Waals surface area contributed by atoms with Crippen LogP contribution in [-0.4, -0.2) is 32.7 Å². The average Bonchev–Trinajstić information content (AvgIpc) is 3.08. The first-order valence-electron chi connectivity index (χ1n) is 8.50. The number of methoxy groups -OCH3 is 1. The number of piperidine rings is 1. The van der Waals surface area contributed by atoms with Crippen LogP contribution in [0.4, 0.5) is 0 Å². The van der Waals surface area contributed by atoms with Crippen LogP contribution >= 0.6 is 11.3 Å². The van der Waals surface area contributed by atoms with E-state index in [1.807, 2.05) is 36.4 Å². The fraction of sp³-hybridized carbons (Fsp3) is 0.421. The van der Waals surface area contributed by atoms with Crippen molar-refractivity contribution < 1.29 is 9.53 Å². The maximum Gasteiger partial charge on any atom is 0.265 e. The first-order valence-corrected chi connectivity index (χ1v) is 9.31. The van der Waals surface area contributed by atoms with Gasteiger partial charge in [-0.2, -0.15) is 0 Å². The molecule has 128 valence electrons. The molecular formula is C19H24N2O2S. The van der Waals surface area contributed by atoms with Crippen molar-refractivity contribution >= 4 is 17.2 Å². The topological polar surface area (TPSA) is 50.4 Å². The van der Waals surface area contributed by atoms with Crippen LogP contribution < -0.4 is 15.4 Å². The van der Waals surface area contributed by atoms with Gasteiger partial charge in [-0.05, 0) is 49.9 Å². The van der Waals surface area contributed by atoms with Gasteiger partial charge in [-0.25, -0.2) is 0 Å². The monoisotopic (exact) mass is 344 g/mol. The molecular weight excluding hydrogens is 320 g/mol. The molecule has 1 atom stereocenters. The molecule has 1 aromatic carbocycles. The van der Waals surface area contributed by atoms with Gasteiger partial charge in [-0.15, -0.1) is 11.3 Å². The van der Waals surface area contributed by atoms with E-state index in [1.54, 1.807) is 7.11 Å². The second kappa shape index (κ2) is 8.31. The van der Waals surface area contributed by atoms with Gasteiger partial charge >= 0.3 is 0 Å². The van der Waals surface area contributed by atoms with Crippen molar-refractivity contribution in [2.24, 2.45) is 5.92 Å². The molecule has 1 aromatic heterocycles. The van der Waals surface area contributed by atoms with E-state index in [2.05, 4.69) is 10.6 Å². The summed E-state index contributed by atoms with van der Waals surface area (Å²) < 4.78 is 5.40. The number of ether oxygens (including phenoxy) is 1. The number of thiophene rings is 1. The van der Waals surface area contributed by atoms with Gasteiger partial charge in [0.1, 0.15) is 10.6 Å². The Hall–Kier alpha value is -1.85. The van der Waals surface area contributed by atoms with Crippen molar-refractivity contribution in [1.82, 2.24) is 10.6 Å². The standard InChI is InChI=1S/C19H24N2O2S/c1-23-16-12-17(15-7-3-2-4-8-15)24-18(16)19(22)21-11-9-14-6-5-10-20-13-14/h2-4,7-8,12,14,20H,5-6,9-11,13H2,1H3,(H,21,22). The van der Waals surface area contributed by atoms with Crippen LogP contribution in [0, 0.1) is 5.92 Å². The van der Waals surface area contributed by atoms with Gasteiger partial charge in [-0.1, -0.05) is 30.3 Å². The summed E-state index contributed by atoms with van der Waals surface area (Å²) in [6.07, 6.45) is 3.51. The lowest BCUT2D eigenvalue weighted by molar-refractivity contribution is 0.0952. The second-order valence-corrected chi connectivity index (χ2v) is 7.18. The molecule has 1 saturated heterocycles. The van der Waals surface area contributed by atoms with Gasteiger partial charge in [0, 0.05) is 11.4 Å². The number of carbonyl (C=O) groups excluding carboxylic acids is 1. The molecule has 1 amide bonds. The van der Waals surface area contributed by atoms with E-state index in [0.29, 0.717) is 23.1 Å².